The summed E-state index contributed by atoms with van der Waals surface area (Å²) in [6, 6.07) is 6.39. The number of nitrogens with one attached hydrogen (secondary N) is 1. The average molecular weight is 227 g/mol. The largest absolute Gasteiger partial charge is 0.317 e. The first kappa shape index (κ1) is 11.7. The van der Waals surface area contributed by atoms with E-state index in [4.69, 9.17) is 0 Å². The fraction of sp³-hybridized carbons (Fsp3) is 0.200. The van der Waals surface area contributed by atoms with Gasteiger partial charge < -0.3 is 0 Å². The van der Waals surface area contributed by atoms with Gasteiger partial charge in [-0.25, -0.2) is 0 Å². The lowest BCUT2D eigenvalue weighted by Gasteiger charge is -2.06. The van der Waals surface area contributed by atoms with E-state index in [0.717, 1.165) is 5.56 Å². The van der Waals surface area contributed by atoms with Crippen molar-refractivity contribution < 1.29 is 12.7 Å². The molecule has 0 atom stereocenters. The number of hydroxylamine groups is 1. The van der Waals surface area contributed by atoms with Crippen molar-refractivity contribution in [2.24, 2.45) is 0 Å². The molecule has 82 valence electrons. The lowest BCUT2D eigenvalue weighted by atomic mass is 10.2. The van der Waals surface area contributed by atoms with Crippen LogP contribution in [0.25, 0.3) is 0 Å². The summed E-state index contributed by atoms with van der Waals surface area (Å²) in [5.41, 5.74) is 3.63. The smallest absolute Gasteiger partial charge is 0.254 e. The van der Waals surface area contributed by atoms with Crippen molar-refractivity contribution in [3.05, 3.63) is 42.1 Å². The highest BCUT2D eigenvalue weighted by molar-refractivity contribution is 7.86. The van der Waals surface area contributed by atoms with Crippen LogP contribution in [0.1, 0.15) is 12.5 Å². The summed E-state index contributed by atoms with van der Waals surface area (Å²) in [5, 5.41) is 0. The number of benzene rings is 1. The summed E-state index contributed by atoms with van der Waals surface area (Å²) in [4.78, 5) is 0.113. The molecule has 0 amide bonds. The number of hydrogen-bond acceptors (Lipinski definition) is 4. The second-order valence-electron chi connectivity index (χ2n) is 3.23. The summed E-state index contributed by atoms with van der Waals surface area (Å²) in [7, 11) is -3.74. The van der Waals surface area contributed by atoms with E-state index in [0.29, 0.717) is 5.70 Å². The minimum atomic E-state index is -3.74. The fourth-order valence-corrected chi connectivity index (χ4v) is 1.70. The highest BCUT2D eigenvalue weighted by Gasteiger charge is 2.14. The summed E-state index contributed by atoms with van der Waals surface area (Å²) in [6.07, 6.45) is 0. The van der Waals surface area contributed by atoms with Crippen LogP contribution in [0.5, 0.6) is 0 Å². The first-order valence-electron chi connectivity index (χ1n) is 4.33. The molecular formula is C10H13NO3S. The fourth-order valence-electron chi connectivity index (χ4n) is 0.879. The van der Waals surface area contributed by atoms with Crippen molar-refractivity contribution in [2.75, 3.05) is 0 Å². The molecule has 5 heteroatoms. The first-order chi connectivity index (χ1) is 6.92. The van der Waals surface area contributed by atoms with E-state index in [9.17, 15) is 8.42 Å². The van der Waals surface area contributed by atoms with E-state index in [2.05, 4.69) is 16.3 Å². The van der Waals surface area contributed by atoms with E-state index >= 15 is 0 Å². The van der Waals surface area contributed by atoms with Gasteiger partial charge in [0.2, 0.25) is 0 Å². The van der Waals surface area contributed by atoms with Gasteiger partial charge in [0.15, 0.2) is 0 Å². The van der Waals surface area contributed by atoms with E-state index < -0.39 is 10.1 Å². The predicted molar refractivity (Wildman–Crippen MR) is 57.4 cm³/mol. The molecule has 1 aromatic carbocycles. The zero-order chi connectivity index (χ0) is 11.5. The van der Waals surface area contributed by atoms with Crippen molar-refractivity contribution in [1.82, 2.24) is 5.48 Å². The van der Waals surface area contributed by atoms with Gasteiger partial charge in [-0.1, -0.05) is 24.3 Å². The van der Waals surface area contributed by atoms with Gasteiger partial charge in [0.25, 0.3) is 0 Å². The highest BCUT2D eigenvalue weighted by atomic mass is 32.2. The Bertz CT molecular complexity index is 448. The van der Waals surface area contributed by atoms with Crippen LogP contribution < -0.4 is 5.48 Å². The van der Waals surface area contributed by atoms with E-state index in [1.54, 1.807) is 19.1 Å². The van der Waals surface area contributed by atoms with Crippen molar-refractivity contribution in [2.45, 2.75) is 18.7 Å². The molecule has 0 bridgehead atoms. The minimum Gasteiger partial charge on any atom is -0.254 e. The Morgan fingerprint density at radius 3 is 2.33 bits per heavy atom. The van der Waals surface area contributed by atoms with Gasteiger partial charge in [-0.2, -0.15) is 8.42 Å². The monoisotopic (exact) mass is 227 g/mol. The molecule has 0 aliphatic carbocycles. The zero-order valence-electron chi connectivity index (χ0n) is 8.65. The predicted octanol–water partition coefficient (Wildman–Crippen LogP) is 1.74. The van der Waals surface area contributed by atoms with Crippen LogP contribution in [-0.2, 0) is 14.4 Å². The molecule has 1 rings (SSSR count). The van der Waals surface area contributed by atoms with Gasteiger partial charge >= 0.3 is 10.1 Å². The third-order valence-electron chi connectivity index (χ3n) is 1.64. The number of aryl methyl sites for hydroxylation is 1. The molecule has 0 saturated heterocycles. The van der Waals surface area contributed by atoms with Gasteiger partial charge in [0.05, 0.1) is 4.90 Å². The van der Waals surface area contributed by atoms with Gasteiger partial charge in [-0.3, -0.25) is 5.48 Å². The molecule has 4 nitrogen and oxygen atoms in total. The maximum atomic E-state index is 11.5. The Morgan fingerprint density at radius 1 is 1.33 bits per heavy atom. The van der Waals surface area contributed by atoms with Gasteiger partial charge in [-0.05, 0) is 26.0 Å². The number of rotatable bonds is 4. The van der Waals surface area contributed by atoms with E-state index in [-0.39, 0.29) is 4.90 Å². The van der Waals surface area contributed by atoms with Crippen molar-refractivity contribution in [1.29, 1.82) is 0 Å². The molecule has 0 saturated carbocycles. The summed E-state index contributed by atoms with van der Waals surface area (Å²) >= 11 is 0. The summed E-state index contributed by atoms with van der Waals surface area (Å²) in [5.74, 6) is 0. The third-order valence-corrected chi connectivity index (χ3v) is 2.79. The van der Waals surface area contributed by atoms with Gasteiger partial charge in [-0.15, -0.1) is 4.28 Å². The highest BCUT2D eigenvalue weighted by Crippen LogP contribution is 2.12. The van der Waals surface area contributed by atoms with E-state index in [1.165, 1.54) is 12.1 Å². The van der Waals surface area contributed by atoms with Crippen molar-refractivity contribution >= 4 is 10.1 Å². The Kier molecular flexibility index (Phi) is 3.49. The maximum Gasteiger partial charge on any atom is 0.317 e. The topological polar surface area (TPSA) is 55.4 Å². The normalized spacial score (nSPS) is 11.1. The van der Waals surface area contributed by atoms with Gasteiger partial charge in [0, 0.05) is 5.70 Å². The molecule has 15 heavy (non-hydrogen) atoms. The Morgan fingerprint density at radius 2 is 1.87 bits per heavy atom. The number of hydrogen-bond donors (Lipinski definition) is 1. The van der Waals surface area contributed by atoms with Gasteiger partial charge in [0.1, 0.15) is 0 Å². The third kappa shape index (κ3) is 3.38. The molecule has 1 aromatic rings. The molecule has 1 N–H and O–H groups in total. The van der Waals surface area contributed by atoms with Crippen LogP contribution in [0.3, 0.4) is 0 Å². The lowest BCUT2D eigenvalue weighted by Crippen LogP contribution is -2.18. The quantitative estimate of drug-likeness (QED) is 0.796. The van der Waals surface area contributed by atoms with Crippen LogP contribution in [0.4, 0.5) is 0 Å². The SMILES string of the molecule is C=C(C)NOS(=O)(=O)c1ccc(C)cc1. The second kappa shape index (κ2) is 4.46. The van der Waals surface area contributed by atoms with Crippen molar-refractivity contribution in [3.8, 4) is 0 Å². The average Bonchev–Trinajstić information content (AvgIpc) is 2.16. The lowest BCUT2D eigenvalue weighted by molar-refractivity contribution is 0.237. The number of allylic oxidation sites excluding steroid dienone is 1. The Labute approximate surface area is 89.7 Å². The minimum absolute atomic E-state index is 0.113. The van der Waals surface area contributed by atoms with Crippen molar-refractivity contribution in [3.63, 3.8) is 0 Å². The Hall–Kier alpha value is -1.33. The molecule has 0 aliphatic rings. The summed E-state index contributed by atoms with van der Waals surface area (Å²) < 4.78 is 27.6. The Balaban J connectivity index is 2.87. The summed E-state index contributed by atoms with van der Waals surface area (Å²) in [6.45, 7) is 6.95. The zero-order valence-corrected chi connectivity index (χ0v) is 9.47. The van der Waals surface area contributed by atoms with Crippen LogP contribution >= 0.6 is 0 Å². The van der Waals surface area contributed by atoms with Crippen LogP contribution in [-0.4, -0.2) is 8.42 Å². The maximum absolute atomic E-state index is 11.5. The molecule has 0 radical (unpaired) electrons. The van der Waals surface area contributed by atoms with E-state index in [1.807, 2.05) is 6.92 Å². The molecule has 0 spiro atoms. The standard InChI is InChI=1S/C10H13NO3S/c1-8(2)11-14-15(12,13)10-6-4-9(3)5-7-10/h4-7,11H,1H2,2-3H3. The second-order valence-corrected chi connectivity index (χ2v) is 4.78. The van der Waals surface area contributed by atoms with Crippen LogP contribution in [0.2, 0.25) is 0 Å². The molecule has 0 heterocycles. The molecule has 0 aromatic heterocycles. The first-order valence-corrected chi connectivity index (χ1v) is 5.74. The molecular weight excluding hydrogens is 214 g/mol. The van der Waals surface area contributed by atoms with Crippen LogP contribution in [0.15, 0.2) is 41.4 Å². The molecule has 0 unspecified atom stereocenters. The molecule has 0 aliphatic heterocycles. The van der Waals surface area contributed by atoms with Crippen LogP contribution in [0, 0.1) is 6.92 Å². The molecule has 0 fully saturated rings.